The largest absolute Gasteiger partial charge is 0.344 e. The normalized spacial score (nSPS) is 10.4. The number of hydrogen-bond acceptors (Lipinski definition) is 2. The molecule has 0 aliphatic rings. The van der Waals surface area contributed by atoms with Crippen LogP contribution in [-0.2, 0) is 0 Å². The SMILES string of the molecule is O=c1ncc(-c2ccc(Cl)c(Cl)c2Cl)c[nH]1. The Kier molecular flexibility index (Phi) is 3.19. The van der Waals surface area contributed by atoms with E-state index in [4.69, 9.17) is 34.8 Å². The molecule has 0 aliphatic carbocycles. The van der Waals surface area contributed by atoms with Gasteiger partial charge < -0.3 is 4.98 Å². The highest BCUT2D eigenvalue weighted by atomic mass is 35.5. The zero-order valence-corrected chi connectivity index (χ0v) is 10.1. The molecule has 0 bridgehead atoms. The first kappa shape index (κ1) is 11.5. The quantitative estimate of drug-likeness (QED) is 0.811. The van der Waals surface area contributed by atoms with Crippen molar-refractivity contribution in [2.24, 2.45) is 0 Å². The standard InChI is InChI=1S/C10H5Cl3N2O/c11-7-2-1-6(8(12)9(7)13)5-3-14-10(16)15-4-5/h1-4H,(H,14,15,16). The lowest BCUT2D eigenvalue weighted by molar-refractivity contribution is 1.08. The van der Waals surface area contributed by atoms with Crippen molar-refractivity contribution in [1.29, 1.82) is 0 Å². The van der Waals surface area contributed by atoms with Gasteiger partial charge in [-0.15, -0.1) is 0 Å². The Morgan fingerprint density at radius 1 is 1.12 bits per heavy atom. The van der Waals surface area contributed by atoms with Crippen LogP contribution in [0.25, 0.3) is 11.1 Å². The molecule has 0 saturated carbocycles. The molecule has 1 heterocycles. The van der Waals surface area contributed by atoms with Gasteiger partial charge in [0.1, 0.15) is 0 Å². The molecule has 0 fully saturated rings. The molecular weight excluding hydrogens is 270 g/mol. The smallest absolute Gasteiger partial charge is 0.312 e. The van der Waals surface area contributed by atoms with Crippen molar-refractivity contribution in [3.8, 4) is 11.1 Å². The molecule has 0 aliphatic heterocycles. The third-order valence-corrected chi connectivity index (χ3v) is 3.31. The van der Waals surface area contributed by atoms with Gasteiger partial charge >= 0.3 is 5.69 Å². The van der Waals surface area contributed by atoms with E-state index in [1.165, 1.54) is 12.4 Å². The van der Waals surface area contributed by atoms with Gasteiger partial charge in [0.25, 0.3) is 0 Å². The Bertz CT molecular complexity index is 575. The van der Waals surface area contributed by atoms with Crippen LogP contribution in [0.5, 0.6) is 0 Å². The van der Waals surface area contributed by atoms with E-state index in [1.54, 1.807) is 12.1 Å². The summed E-state index contributed by atoms with van der Waals surface area (Å²) in [4.78, 5) is 16.9. The number of aromatic nitrogens is 2. The summed E-state index contributed by atoms with van der Waals surface area (Å²) >= 11 is 17.8. The third kappa shape index (κ3) is 2.07. The number of hydrogen-bond donors (Lipinski definition) is 1. The summed E-state index contributed by atoms with van der Waals surface area (Å²) in [6, 6.07) is 3.35. The summed E-state index contributed by atoms with van der Waals surface area (Å²) in [5.74, 6) is 0. The molecule has 0 atom stereocenters. The van der Waals surface area contributed by atoms with E-state index in [0.717, 1.165) is 0 Å². The topological polar surface area (TPSA) is 45.8 Å². The van der Waals surface area contributed by atoms with Crippen molar-refractivity contribution < 1.29 is 0 Å². The zero-order valence-electron chi connectivity index (χ0n) is 7.80. The summed E-state index contributed by atoms with van der Waals surface area (Å²) in [5, 5.41) is 1.00. The van der Waals surface area contributed by atoms with Gasteiger partial charge in [0.2, 0.25) is 0 Å². The van der Waals surface area contributed by atoms with E-state index in [-0.39, 0.29) is 5.02 Å². The van der Waals surface area contributed by atoms with Crippen LogP contribution in [-0.4, -0.2) is 9.97 Å². The number of H-pyrrole nitrogens is 1. The molecule has 1 N–H and O–H groups in total. The molecule has 2 rings (SSSR count). The first-order valence-corrected chi connectivity index (χ1v) is 5.41. The minimum atomic E-state index is -0.417. The van der Waals surface area contributed by atoms with Crippen molar-refractivity contribution >= 4 is 34.8 Å². The average Bonchev–Trinajstić information content (AvgIpc) is 2.28. The van der Waals surface area contributed by atoms with Gasteiger partial charge in [0.15, 0.2) is 0 Å². The Labute approximate surface area is 106 Å². The summed E-state index contributed by atoms with van der Waals surface area (Å²) in [6.07, 6.45) is 2.94. The number of nitrogens with zero attached hydrogens (tertiary/aromatic N) is 1. The van der Waals surface area contributed by atoms with Gasteiger partial charge in [-0.2, -0.15) is 0 Å². The predicted molar refractivity (Wildman–Crippen MR) is 65.3 cm³/mol. The van der Waals surface area contributed by atoms with Gasteiger partial charge in [-0.05, 0) is 6.07 Å². The van der Waals surface area contributed by atoms with Crippen LogP contribution in [0.1, 0.15) is 0 Å². The van der Waals surface area contributed by atoms with Crippen LogP contribution in [0.2, 0.25) is 15.1 Å². The van der Waals surface area contributed by atoms with Crippen LogP contribution < -0.4 is 5.69 Å². The lowest BCUT2D eigenvalue weighted by atomic mass is 10.1. The summed E-state index contributed by atoms with van der Waals surface area (Å²) in [7, 11) is 0. The van der Waals surface area contributed by atoms with Crippen molar-refractivity contribution in [3.63, 3.8) is 0 Å². The minimum absolute atomic E-state index is 0.284. The van der Waals surface area contributed by atoms with Gasteiger partial charge in [-0.25, -0.2) is 9.78 Å². The van der Waals surface area contributed by atoms with Crippen LogP contribution in [0, 0.1) is 0 Å². The molecule has 1 aromatic heterocycles. The van der Waals surface area contributed by atoms with E-state index in [2.05, 4.69) is 9.97 Å². The summed E-state index contributed by atoms with van der Waals surface area (Å²) < 4.78 is 0. The molecule has 0 amide bonds. The monoisotopic (exact) mass is 274 g/mol. The Morgan fingerprint density at radius 3 is 2.50 bits per heavy atom. The van der Waals surface area contributed by atoms with Crippen LogP contribution >= 0.6 is 34.8 Å². The van der Waals surface area contributed by atoms with Crippen molar-refractivity contribution in [2.45, 2.75) is 0 Å². The van der Waals surface area contributed by atoms with Crippen LogP contribution in [0.15, 0.2) is 29.3 Å². The van der Waals surface area contributed by atoms with Crippen molar-refractivity contribution in [1.82, 2.24) is 9.97 Å². The van der Waals surface area contributed by atoms with Gasteiger partial charge in [-0.1, -0.05) is 40.9 Å². The number of nitrogens with one attached hydrogen (secondary N) is 1. The maximum atomic E-state index is 10.8. The van der Waals surface area contributed by atoms with Crippen LogP contribution in [0.3, 0.4) is 0 Å². The second-order valence-electron chi connectivity index (χ2n) is 3.03. The average molecular weight is 276 g/mol. The number of halogens is 3. The van der Waals surface area contributed by atoms with E-state index in [9.17, 15) is 4.79 Å². The van der Waals surface area contributed by atoms with E-state index < -0.39 is 5.69 Å². The van der Waals surface area contributed by atoms with Gasteiger partial charge in [-0.3, -0.25) is 0 Å². The first-order valence-electron chi connectivity index (χ1n) is 4.28. The summed E-state index contributed by atoms with van der Waals surface area (Å²) in [5.41, 5.74) is 0.919. The second kappa shape index (κ2) is 4.45. The second-order valence-corrected chi connectivity index (χ2v) is 4.19. The molecule has 0 radical (unpaired) electrons. The number of aromatic amines is 1. The predicted octanol–water partition coefficient (Wildman–Crippen LogP) is 3.40. The highest BCUT2D eigenvalue weighted by molar-refractivity contribution is 6.49. The zero-order chi connectivity index (χ0) is 11.7. The Hall–Kier alpha value is -1.03. The van der Waals surface area contributed by atoms with Gasteiger partial charge in [0, 0.05) is 23.5 Å². The molecule has 82 valence electrons. The third-order valence-electron chi connectivity index (χ3n) is 2.02. The molecule has 0 unspecified atom stereocenters. The molecule has 16 heavy (non-hydrogen) atoms. The maximum absolute atomic E-state index is 10.8. The van der Waals surface area contributed by atoms with Crippen molar-refractivity contribution in [3.05, 3.63) is 50.1 Å². The van der Waals surface area contributed by atoms with E-state index in [1.807, 2.05) is 0 Å². The highest BCUT2D eigenvalue weighted by Gasteiger charge is 2.10. The lowest BCUT2D eigenvalue weighted by Gasteiger charge is -2.06. The Balaban J connectivity index is 2.61. The Morgan fingerprint density at radius 2 is 1.88 bits per heavy atom. The van der Waals surface area contributed by atoms with Gasteiger partial charge in [0.05, 0.1) is 15.1 Å². The fraction of sp³-hybridized carbons (Fsp3) is 0. The summed E-state index contributed by atoms with van der Waals surface area (Å²) in [6.45, 7) is 0. The first-order chi connectivity index (χ1) is 7.59. The molecule has 6 heteroatoms. The molecular formula is C10H5Cl3N2O. The number of rotatable bonds is 1. The molecule has 2 aromatic rings. The lowest BCUT2D eigenvalue weighted by Crippen LogP contribution is -2.07. The fourth-order valence-corrected chi connectivity index (χ4v) is 1.88. The van der Waals surface area contributed by atoms with Crippen molar-refractivity contribution in [2.75, 3.05) is 0 Å². The highest BCUT2D eigenvalue weighted by Crippen LogP contribution is 2.37. The molecule has 3 nitrogen and oxygen atoms in total. The van der Waals surface area contributed by atoms with Crippen LogP contribution in [0.4, 0.5) is 0 Å². The molecule has 0 saturated heterocycles. The minimum Gasteiger partial charge on any atom is -0.312 e. The van der Waals surface area contributed by atoms with E-state index >= 15 is 0 Å². The molecule has 1 aromatic carbocycles. The fourth-order valence-electron chi connectivity index (χ4n) is 1.24. The number of benzene rings is 1. The maximum Gasteiger partial charge on any atom is 0.344 e. The molecule has 0 spiro atoms. The van der Waals surface area contributed by atoms with E-state index in [0.29, 0.717) is 21.2 Å².